The van der Waals surface area contributed by atoms with Crippen LogP contribution >= 0.6 is 0 Å². The fraction of sp³-hybridized carbons (Fsp3) is 0.345. The van der Waals surface area contributed by atoms with Crippen molar-refractivity contribution in [1.29, 1.82) is 0 Å². The molecular weight excluding hydrogens is 492 g/mol. The zero-order valence-corrected chi connectivity index (χ0v) is 20.4. The van der Waals surface area contributed by atoms with Crippen LogP contribution in [-0.4, -0.2) is 25.1 Å². The van der Waals surface area contributed by atoms with Crippen LogP contribution in [0.5, 0.6) is 5.75 Å². The van der Waals surface area contributed by atoms with Crippen LogP contribution in [-0.2, 0) is 24.3 Å². The number of halogens is 6. The molecule has 2 nitrogen and oxygen atoms in total. The molecule has 1 radical (unpaired) electrons. The summed E-state index contributed by atoms with van der Waals surface area (Å²) in [5.41, 5.74) is -2.08. The second kappa shape index (κ2) is 10.4. The zero-order chi connectivity index (χ0) is 26.8. The van der Waals surface area contributed by atoms with Crippen LogP contribution in [0.25, 0.3) is 0 Å². The molecule has 1 fully saturated rings. The Morgan fingerprint density at radius 3 is 1.89 bits per heavy atom. The molecule has 3 aromatic carbocycles. The van der Waals surface area contributed by atoms with Gasteiger partial charge in [-0.1, -0.05) is 48.5 Å². The molecule has 37 heavy (non-hydrogen) atoms. The number of hydrogen-bond acceptors (Lipinski definition) is 2. The fourth-order valence-electron chi connectivity index (χ4n) is 5.23. The molecule has 0 bridgehead atoms. The van der Waals surface area contributed by atoms with Gasteiger partial charge in [0, 0.05) is 5.56 Å². The molecule has 1 unspecified atom stereocenters. The van der Waals surface area contributed by atoms with E-state index in [2.05, 4.69) is 24.0 Å². The van der Waals surface area contributed by atoms with Crippen molar-refractivity contribution in [2.75, 3.05) is 20.2 Å². The number of rotatable bonds is 6. The van der Waals surface area contributed by atoms with E-state index in [4.69, 9.17) is 4.74 Å². The third kappa shape index (κ3) is 5.95. The molecule has 1 saturated heterocycles. The van der Waals surface area contributed by atoms with Crippen molar-refractivity contribution < 1.29 is 31.1 Å². The molecule has 0 aromatic heterocycles. The van der Waals surface area contributed by atoms with Gasteiger partial charge in [-0.05, 0) is 80.6 Å². The molecule has 0 amide bonds. The molecule has 0 saturated carbocycles. The molecule has 1 aliphatic heterocycles. The predicted octanol–water partition coefficient (Wildman–Crippen LogP) is 7.88. The topological polar surface area (TPSA) is 12.5 Å². The predicted molar refractivity (Wildman–Crippen MR) is 130 cm³/mol. The molecule has 3 aromatic rings. The number of methoxy groups -OCH3 is 1. The van der Waals surface area contributed by atoms with Gasteiger partial charge in [0.05, 0.1) is 23.8 Å². The van der Waals surface area contributed by atoms with Crippen LogP contribution in [0.1, 0.15) is 46.6 Å². The first-order valence-electron chi connectivity index (χ1n) is 12.0. The van der Waals surface area contributed by atoms with Gasteiger partial charge in [-0.25, -0.2) is 0 Å². The minimum absolute atomic E-state index is 0.0896. The lowest BCUT2D eigenvalue weighted by Crippen LogP contribution is -2.49. The van der Waals surface area contributed by atoms with Crippen molar-refractivity contribution in [1.82, 2.24) is 4.90 Å². The average molecular weight is 521 g/mol. The number of likely N-dealkylation sites (tertiary alicyclic amines) is 1. The highest BCUT2D eigenvalue weighted by atomic mass is 19.4. The van der Waals surface area contributed by atoms with E-state index in [9.17, 15) is 26.3 Å². The normalized spacial score (nSPS) is 17.4. The molecule has 1 atom stereocenters. The number of ether oxygens (including phenoxy) is 1. The fourth-order valence-corrected chi connectivity index (χ4v) is 5.23. The summed E-state index contributed by atoms with van der Waals surface area (Å²) in [6.07, 6.45) is -8.42. The standard InChI is InChI=1S/C29H28F6NO/c1-27(25-10-6-7-11-26(25)37-2,36-14-12-22(13-15-36)21-8-4-3-5-9-21)19-20-16-23(28(30,31)32)18-24(17-20)29(33,34)35/h3-11,16-18,22H,1,12-15,19H2,2H3. The molecule has 0 aliphatic carbocycles. The Balaban J connectivity index is 1.74. The van der Waals surface area contributed by atoms with E-state index >= 15 is 0 Å². The van der Waals surface area contributed by atoms with Crippen LogP contribution in [0, 0.1) is 6.92 Å². The Morgan fingerprint density at radius 2 is 1.35 bits per heavy atom. The first-order chi connectivity index (χ1) is 17.4. The number of benzene rings is 3. The third-order valence-electron chi connectivity index (χ3n) is 7.12. The summed E-state index contributed by atoms with van der Waals surface area (Å²) in [7, 11) is 1.48. The highest BCUT2D eigenvalue weighted by Gasteiger charge is 2.41. The van der Waals surface area contributed by atoms with Crippen molar-refractivity contribution >= 4 is 0 Å². The van der Waals surface area contributed by atoms with Crippen LogP contribution in [0.2, 0.25) is 0 Å². The van der Waals surface area contributed by atoms with Gasteiger partial charge in [-0.3, -0.25) is 4.90 Å². The van der Waals surface area contributed by atoms with Crippen LogP contribution in [0.4, 0.5) is 26.3 Å². The van der Waals surface area contributed by atoms with Gasteiger partial charge in [0.2, 0.25) is 0 Å². The Hall–Kier alpha value is -3.00. The van der Waals surface area contributed by atoms with E-state index in [1.807, 2.05) is 18.2 Å². The lowest BCUT2D eigenvalue weighted by atomic mass is 9.79. The summed E-state index contributed by atoms with van der Waals surface area (Å²) in [6.45, 7) is 5.58. The van der Waals surface area contributed by atoms with E-state index in [-0.39, 0.29) is 18.1 Å². The first kappa shape index (κ1) is 27.0. The molecule has 8 heteroatoms. The maximum Gasteiger partial charge on any atom is 0.416 e. The van der Waals surface area contributed by atoms with Crippen molar-refractivity contribution in [2.45, 2.75) is 43.1 Å². The Bertz CT molecular complexity index is 1170. The lowest BCUT2D eigenvalue weighted by molar-refractivity contribution is -0.143. The molecule has 197 valence electrons. The van der Waals surface area contributed by atoms with E-state index in [0.717, 1.165) is 25.0 Å². The molecule has 0 N–H and O–H groups in total. The second-order valence-corrected chi connectivity index (χ2v) is 9.49. The number of piperidine rings is 1. The van der Waals surface area contributed by atoms with Crippen LogP contribution in [0.15, 0.2) is 72.8 Å². The number of para-hydroxylation sites is 1. The lowest BCUT2D eigenvalue weighted by Gasteiger charge is -2.46. The van der Waals surface area contributed by atoms with E-state index < -0.39 is 29.0 Å². The number of alkyl halides is 6. The minimum Gasteiger partial charge on any atom is -0.496 e. The monoisotopic (exact) mass is 520 g/mol. The first-order valence-corrected chi connectivity index (χ1v) is 12.0. The zero-order valence-electron chi connectivity index (χ0n) is 20.4. The van der Waals surface area contributed by atoms with Crippen molar-refractivity contribution in [3.05, 3.63) is 108 Å². The Kier molecular flexibility index (Phi) is 7.60. The van der Waals surface area contributed by atoms with Crippen LogP contribution in [0.3, 0.4) is 0 Å². The summed E-state index contributed by atoms with van der Waals surface area (Å²) < 4.78 is 86.9. The molecule has 4 rings (SSSR count). The smallest absolute Gasteiger partial charge is 0.416 e. The molecule has 1 heterocycles. The average Bonchev–Trinajstić information content (AvgIpc) is 2.88. The molecule has 0 spiro atoms. The van der Waals surface area contributed by atoms with Crippen LogP contribution < -0.4 is 4.74 Å². The van der Waals surface area contributed by atoms with Crippen molar-refractivity contribution in [3.8, 4) is 5.75 Å². The molecule has 1 aliphatic rings. The van der Waals surface area contributed by atoms with E-state index in [0.29, 0.717) is 30.3 Å². The van der Waals surface area contributed by atoms with Gasteiger partial charge in [0.15, 0.2) is 0 Å². The van der Waals surface area contributed by atoms with Crippen molar-refractivity contribution in [2.24, 2.45) is 0 Å². The van der Waals surface area contributed by atoms with Crippen molar-refractivity contribution in [3.63, 3.8) is 0 Å². The Morgan fingerprint density at radius 1 is 0.811 bits per heavy atom. The Labute approximate surface area is 212 Å². The van der Waals surface area contributed by atoms with Gasteiger partial charge < -0.3 is 4.74 Å². The summed E-state index contributed by atoms with van der Waals surface area (Å²) in [4.78, 5) is 2.05. The second-order valence-electron chi connectivity index (χ2n) is 9.49. The third-order valence-corrected chi connectivity index (χ3v) is 7.12. The maximum atomic E-state index is 13.6. The van der Waals surface area contributed by atoms with Gasteiger partial charge in [-0.15, -0.1) is 0 Å². The SMILES string of the molecule is [CH2]C(Cc1cc(C(F)(F)F)cc(C(F)(F)F)c1)(c1ccccc1OC)N1CCC(c2ccccc2)CC1. The molecular formula is C29H28F6NO. The van der Waals surface area contributed by atoms with Gasteiger partial charge in [0.1, 0.15) is 5.75 Å². The number of hydrogen-bond donors (Lipinski definition) is 0. The van der Waals surface area contributed by atoms with Gasteiger partial charge in [0.25, 0.3) is 0 Å². The van der Waals surface area contributed by atoms with Gasteiger partial charge >= 0.3 is 12.4 Å². The quantitative estimate of drug-likeness (QED) is 0.307. The minimum atomic E-state index is -4.92. The summed E-state index contributed by atoms with van der Waals surface area (Å²) in [5.74, 6) is 0.787. The highest BCUT2D eigenvalue weighted by molar-refractivity contribution is 5.43. The van der Waals surface area contributed by atoms with E-state index in [1.54, 1.807) is 24.3 Å². The summed E-state index contributed by atoms with van der Waals surface area (Å²) in [6, 6.07) is 18.8. The largest absolute Gasteiger partial charge is 0.496 e. The maximum absolute atomic E-state index is 13.6. The summed E-state index contributed by atoms with van der Waals surface area (Å²) >= 11 is 0. The summed E-state index contributed by atoms with van der Waals surface area (Å²) in [5, 5.41) is 0. The van der Waals surface area contributed by atoms with E-state index in [1.165, 1.54) is 12.7 Å². The van der Waals surface area contributed by atoms with Gasteiger partial charge in [-0.2, -0.15) is 26.3 Å². The highest BCUT2D eigenvalue weighted by Crippen LogP contribution is 2.43. The number of nitrogens with zero attached hydrogens (tertiary/aromatic N) is 1.